The number of ether oxygens (including phenoxy) is 2. The number of ketones is 1. The summed E-state index contributed by atoms with van der Waals surface area (Å²) in [5.41, 5.74) is 8.49. The van der Waals surface area contributed by atoms with Crippen molar-refractivity contribution in [3.8, 4) is 0 Å². The van der Waals surface area contributed by atoms with Crippen LogP contribution in [0.2, 0.25) is 10.0 Å². The van der Waals surface area contributed by atoms with Crippen molar-refractivity contribution in [2.24, 2.45) is 22.7 Å². The van der Waals surface area contributed by atoms with E-state index in [-0.39, 0.29) is 42.2 Å². The van der Waals surface area contributed by atoms with Crippen molar-refractivity contribution in [2.45, 2.75) is 153 Å². The van der Waals surface area contributed by atoms with Crippen molar-refractivity contribution in [2.75, 3.05) is 13.2 Å². The van der Waals surface area contributed by atoms with Crippen LogP contribution in [0.1, 0.15) is 171 Å². The van der Waals surface area contributed by atoms with Crippen molar-refractivity contribution in [1.82, 2.24) is 9.13 Å². The third kappa shape index (κ3) is 17.2. The van der Waals surface area contributed by atoms with Gasteiger partial charge in [0.2, 0.25) is 5.24 Å². The second-order valence-electron chi connectivity index (χ2n) is 21.9. The quantitative estimate of drug-likeness (QED) is 0.0391. The van der Waals surface area contributed by atoms with Crippen molar-refractivity contribution in [3.05, 3.63) is 140 Å². The number of Topliss-reactive ketones (excluding diaryl/α,β-unsaturated/α-hetero) is 1. The van der Waals surface area contributed by atoms with E-state index >= 15 is 0 Å². The topological polar surface area (TPSA) is 96.6 Å². The maximum absolute atomic E-state index is 13.9. The van der Waals surface area contributed by atoms with Crippen LogP contribution < -0.4 is 0 Å². The standard InChI is InChI=1S/C30H36ClNO3.C25H30ClNO2.C5H7ClO.CH4.B4/c1-6-35-29(34)30(4,5)17-26-27(28(33)21-8-7-9-21)24-16-22(19(2)3)12-15-25(24)32(26)18-20-10-13-23(31)14-11-20;1-6-29-24(28)25(4,5)15-22-14-20-13-19(17(2)3)9-12-23(20)27(22)16-18-7-10-21(26)11-8-18;6-5(7)4-2-1-3-4;;1-4(2)3/h10-16,19,21H,6-9,17-18H2,1-5H3;7-14,17H,6,15-16H2,1-5H3;4H,1-3H2;1H4;. The number of benzene rings is 4. The minimum absolute atomic E-state index is 0. The molecule has 8 rings (SSSR count). The molecule has 2 aliphatic rings. The van der Waals surface area contributed by atoms with Gasteiger partial charge < -0.3 is 18.6 Å². The highest BCUT2D eigenvalue weighted by Crippen LogP contribution is 2.40. The number of fused-ring (bicyclic) bond motifs is 2. The number of esters is 2. The number of carbonyl (C=O) groups is 4. The molecule has 0 unspecified atom stereocenters. The summed E-state index contributed by atoms with van der Waals surface area (Å²) < 4.78 is 15.3. The van der Waals surface area contributed by atoms with Crippen molar-refractivity contribution >= 4 is 109 Å². The van der Waals surface area contributed by atoms with Crippen LogP contribution in [0, 0.1) is 22.7 Å². The molecule has 0 spiro atoms. The average Bonchev–Trinajstić information content (AvgIpc) is 3.78. The molecule has 6 aromatic rings. The second-order valence-corrected chi connectivity index (χ2v) is 23.1. The number of nitrogens with zero attached hydrogens (tertiary/aromatic N) is 2. The predicted octanol–water partition coefficient (Wildman–Crippen LogP) is 14.8. The SMILES string of the molecule is C.CCOC(=O)C(C)(C)Cc1c(C(=O)C2CCC2)c2cc(C(C)C)ccc2n1Cc1ccc(Cl)cc1.CCOC(=O)C(C)(C)Cc1cc2cc(C(C)C)ccc2n1Cc1ccc(Cl)cc1.O=C(Cl)C1CCC1.[B]B([B])[B]. The van der Waals surface area contributed by atoms with E-state index in [4.69, 9.17) is 44.3 Å². The van der Waals surface area contributed by atoms with Crippen LogP contribution in [0.3, 0.4) is 0 Å². The lowest BCUT2D eigenvalue weighted by molar-refractivity contribution is -0.154. The third-order valence-electron chi connectivity index (χ3n) is 14.1. The van der Waals surface area contributed by atoms with Gasteiger partial charge in [0.25, 0.3) is 0 Å². The third-order valence-corrected chi connectivity index (χ3v) is 14.9. The monoisotopic (exact) mass is 1080 g/mol. The van der Waals surface area contributed by atoms with Gasteiger partial charge in [0.1, 0.15) is 0 Å². The smallest absolute Gasteiger partial charge is 0.311 e. The highest BCUT2D eigenvalue weighted by molar-refractivity contribution is 7.49. The van der Waals surface area contributed by atoms with Crippen molar-refractivity contribution in [1.29, 1.82) is 0 Å². The molecule has 0 N–H and O–H groups in total. The van der Waals surface area contributed by atoms with E-state index in [9.17, 15) is 19.2 Å². The van der Waals surface area contributed by atoms with Crippen LogP contribution in [0.15, 0.2) is 91.0 Å². The molecule has 6 radical (unpaired) electrons. The minimum atomic E-state index is -0.766. The lowest BCUT2D eigenvalue weighted by Crippen LogP contribution is -2.31. The van der Waals surface area contributed by atoms with Gasteiger partial charge in [0, 0.05) is 116 Å². The van der Waals surface area contributed by atoms with Crippen LogP contribution in [0.4, 0.5) is 0 Å². The van der Waals surface area contributed by atoms with Gasteiger partial charge in [0.05, 0.1) is 24.0 Å². The van der Waals surface area contributed by atoms with Gasteiger partial charge in [-0.3, -0.25) is 19.2 Å². The molecular weight excluding hydrogens is 1010 g/mol. The van der Waals surface area contributed by atoms with Gasteiger partial charge >= 0.3 is 11.9 Å². The summed E-state index contributed by atoms with van der Waals surface area (Å²) in [6.45, 7) is 22.2. The summed E-state index contributed by atoms with van der Waals surface area (Å²) >= 11 is 17.3. The Hall–Kier alpha value is -4.63. The molecule has 76 heavy (non-hydrogen) atoms. The minimum Gasteiger partial charge on any atom is -0.466 e. The van der Waals surface area contributed by atoms with Gasteiger partial charge in [-0.05, 0) is 168 Å². The summed E-state index contributed by atoms with van der Waals surface area (Å²) in [6, 6.07) is 31.1. The summed E-state index contributed by atoms with van der Waals surface area (Å²) in [4.78, 5) is 49.5. The summed E-state index contributed by atoms with van der Waals surface area (Å²) in [6.07, 6.45) is 6.57. The van der Waals surface area contributed by atoms with Crippen LogP contribution in [0.5, 0.6) is 0 Å². The first-order valence-electron chi connectivity index (χ1n) is 26.5. The Morgan fingerprint density at radius 3 is 1.47 bits per heavy atom. The molecule has 0 bridgehead atoms. The zero-order chi connectivity index (χ0) is 55.4. The Labute approximate surface area is 473 Å². The first-order valence-corrected chi connectivity index (χ1v) is 27.6. The molecule has 0 amide bonds. The van der Waals surface area contributed by atoms with Crippen LogP contribution in [-0.2, 0) is 49.8 Å². The lowest BCUT2D eigenvalue weighted by atomic mass is 9.08. The van der Waals surface area contributed by atoms with E-state index in [1.807, 2.05) is 77.9 Å². The fraction of sp³-hybridized carbons (Fsp3) is 0.475. The van der Waals surface area contributed by atoms with E-state index in [1.54, 1.807) is 0 Å². The van der Waals surface area contributed by atoms with Crippen molar-refractivity contribution in [3.63, 3.8) is 0 Å². The number of carbonyl (C=O) groups excluding carboxylic acids is 4. The first-order chi connectivity index (χ1) is 35.4. The van der Waals surface area contributed by atoms with Gasteiger partial charge in [-0.15, -0.1) is 0 Å². The number of hydrogen-bond acceptors (Lipinski definition) is 6. The average molecular weight is 1080 g/mol. The highest BCUT2D eigenvalue weighted by atomic mass is 35.5. The Morgan fingerprint density at radius 1 is 0.632 bits per heavy atom. The van der Waals surface area contributed by atoms with Gasteiger partial charge in [0.15, 0.2) is 5.78 Å². The second kappa shape index (κ2) is 28.8. The summed E-state index contributed by atoms with van der Waals surface area (Å²) in [5.74, 6) is 0.910. The maximum Gasteiger partial charge on any atom is 0.311 e. The fourth-order valence-corrected chi connectivity index (χ4v) is 9.66. The Morgan fingerprint density at radius 2 is 1.07 bits per heavy atom. The van der Waals surface area contributed by atoms with E-state index in [2.05, 4.69) is 115 Å². The Kier molecular flexibility index (Phi) is 24.2. The molecule has 8 nitrogen and oxygen atoms in total. The zero-order valence-corrected chi connectivity index (χ0v) is 48.0. The van der Waals surface area contributed by atoms with Gasteiger partial charge in [-0.25, -0.2) is 0 Å². The van der Waals surface area contributed by atoms with Gasteiger partial charge in [-0.2, -0.15) is 0 Å². The molecule has 0 saturated heterocycles. The molecular formula is C61H77B4Cl3N2O6. The molecule has 2 aromatic heterocycles. The molecule has 2 fully saturated rings. The molecule has 400 valence electrons. The molecule has 2 aliphatic carbocycles. The van der Waals surface area contributed by atoms with E-state index in [0.717, 1.165) is 77.1 Å². The Bertz CT molecular complexity index is 2880. The molecule has 4 aromatic carbocycles. The Balaban J connectivity index is 0.000000273. The first kappa shape index (κ1) is 63.9. The number of aromatic nitrogens is 2. The largest absolute Gasteiger partial charge is 0.466 e. The number of rotatable bonds is 17. The number of halogens is 3. The molecule has 2 saturated carbocycles. The molecule has 2 heterocycles. The highest BCUT2D eigenvalue weighted by Gasteiger charge is 2.37. The van der Waals surface area contributed by atoms with Crippen molar-refractivity contribution < 1.29 is 28.7 Å². The molecule has 15 heteroatoms. The van der Waals surface area contributed by atoms with E-state index < -0.39 is 17.2 Å². The fourth-order valence-electron chi connectivity index (χ4n) is 9.19. The zero-order valence-electron chi connectivity index (χ0n) is 45.7. The van der Waals surface area contributed by atoms with Crippen LogP contribution >= 0.6 is 34.8 Å². The van der Waals surface area contributed by atoms with Crippen LogP contribution in [0.25, 0.3) is 21.8 Å². The summed E-state index contributed by atoms with van der Waals surface area (Å²) in [7, 11) is 14.0. The lowest BCUT2D eigenvalue weighted by Gasteiger charge is -2.27. The molecule has 0 aliphatic heterocycles. The van der Waals surface area contributed by atoms with Gasteiger partial charge in [-0.1, -0.05) is 108 Å². The number of hydrogen-bond donors (Lipinski definition) is 0. The van der Waals surface area contributed by atoms with E-state index in [0.29, 0.717) is 49.5 Å². The van der Waals surface area contributed by atoms with E-state index in [1.165, 1.54) is 34.0 Å². The normalized spacial score (nSPS) is 13.5. The maximum atomic E-state index is 13.9. The van der Waals surface area contributed by atoms with Crippen LogP contribution in [-0.4, -0.2) is 74.9 Å². The molecule has 0 atom stereocenters. The predicted molar refractivity (Wildman–Crippen MR) is 321 cm³/mol. The summed E-state index contributed by atoms with van der Waals surface area (Å²) in [5, 5.41) is 3.48.